The molecular formula is C19H23N3O3. The summed E-state index contributed by atoms with van der Waals surface area (Å²) in [7, 11) is 1.61. The van der Waals surface area contributed by atoms with E-state index in [9.17, 15) is 9.90 Å². The van der Waals surface area contributed by atoms with Gasteiger partial charge in [0.2, 0.25) is 0 Å². The van der Waals surface area contributed by atoms with E-state index in [1.807, 2.05) is 38.1 Å². The summed E-state index contributed by atoms with van der Waals surface area (Å²) in [5, 5.41) is 10.2. The smallest absolute Gasteiger partial charge is 0.274 e. The zero-order chi connectivity index (χ0) is 18.1. The molecule has 2 atom stereocenters. The molecule has 1 aliphatic rings. The molecule has 6 heteroatoms. The van der Waals surface area contributed by atoms with Crippen LogP contribution in [0.25, 0.3) is 0 Å². The number of aliphatic hydroxyl groups is 1. The van der Waals surface area contributed by atoms with Gasteiger partial charge in [-0.15, -0.1) is 0 Å². The van der Waals surface area contributed by atoms with E-state index in [2.05, 4.69) is 9.97 Å². The van der Waals surface area contributed by atoms with Gasteiger partial charge in [-0.1, -0.05) is 12.1 Å². The quantitative estimate of drug-likeness (QED) is 0.927. The van der Waals surface area contributed by atoms with E-state index in [-0.39, 0.29) is 18.5 Å². The predicted octanol–water partition coefficient (Wildman–Crippen LogP) is 2.36. The van der Waals surface area contributed by atoms with Gasteiger partial charge in [0.15, 0.2) is 0 Å². The molecular weight excluding hydrogens is 318 g/mol. The molecule has 1 aliphatic heterocycles. The van der Waals surface area contributed by atoms with Gasteiger partial charge in [0.25, 0.3) is 5.91 Å². The van der Waals surface area contributed by atoms with E-state index >= 15 is 0 Å². The van der Waals surface area contributed by atoms with Crippen LogP contribution in [-0.2, 0) is 0 Å². The third-order valence-corrected chi connectivity index (χ3v) is 4.70. The van der Waals surface area contributed by atoms with E-state index in [1.165, 1.54) is 0 Å². The van der Waals surface area contributed by atoms with Crippen molar-refractivity contribution in [3.05, 3.63) is 52.6 Å². The first-order valence-electron chi connectivity index (χ1n) is 8.35. The second kappa shape index (κ2) is 6.80. The number of carbonyl (C=O) groups excluding carboxylic acids is 1. The summed E-state index contributed by atoms with van der Waals surface area (Å²) >= 11 is 0. The Hall–Kier alpha value is -2.47. The van der Waals surface area contributed by atoms with Gasteiger partial charge < -0.3 is 14.7 Å². The van der Waals surface area contributed by atoms with Crippen LogP contribution < -0.4 is 4.74 Å². The number of rotatable bonds is 3. The van der Waals surface area contributed by atoms with Crippen molar-refractivity contribution in [2.24, 2.45) is 0 Å². The average molecular weight is 341 g/mol. The molecule has 2 aromatic rings. The highest BCUT2D eigenvalue weighted by molar-refractivity contribution is 5.94. The highest BCUT2D eigenvalue weighted by Crippen LogP contribution is 2.34. The van der Waals surface area contributed by atoms with E-state index in [1.54, 1.807) is 18.9 Å². The van der Waals surface area contributed by atoms with Crippen molar-refractivity contribution in [2.75, 3.05) is 13.7 Å². The summed E-state index contributed by atoms with van der Waals surface area (Å²) in [5.74, 6) is 0.533. The second-order valence-electron chi connectivity index (χ2n) is 6.47. The lowest BCUT2D eigenvalue weighted by atomic mass is 10.0. The summed E-state index contributed by atoms with van der Waals surface area (Å²) in [6, 6.07) is 7.40. The number of nitrogens with zero attached hydrogens (tertiary/aromatic N) is 3. The number of likely N-dealkylation sites (tertiary alicyclic amines) is 1. The first-order chi connectivity index (χ1) is 11.9. The fourth-order valence-corrected chi connectivity index (χ4v) is 3.26. The lowest BCUT2D eigenvalue weighted by Crippen LogP contribution is -2.33. The van der Waals surface area contributed by atoms with Gasteiger partial charge in [0, 0.05) is 6.54 Å². The summed E-state index contributed by atoms with van der Waals surface area (Å²) < 4.78 is 5.28. The zero-order valence-corrected chi connectivity index (χ0v) is 15.0. The monoisotopic (exact) mass is 341 g/mol. The molecule has 1 aromatic heterocycles. The zero-order valence-electron chi connectivity index (χ0n) is 15.0. The van der Waals surface area contributed by atoms with Crippen molar-refractivity contribution in [1.82, 2.24) is 14.9 Å². The van der Waals surface area contributed by atoms with Gasteiger partial charge in [-0.05, 0) is 44.9 Å². The minimum absolute atomic E-state index is 0.197. The Kier molecular flexibility index (Phi) is 4.72. The SMILES string of the molecule is COc1cccc([C@H]2C[C@@H](O)CN2C(=O)c2nc(C)c(C)nc2C)c1. The van der Waals surface area contributed by atoms with Crippen LogP contribution in [0.2, 0.25) is 0 Å². The van der Waals surface area contributed by atoms with Crippen LogP contribution in [0.3, 0.4) is 0 Å². The highest BCUT2D eigenvalue weighted by Gasteiger charge is 2.37. The van der Waals surface area contributed by atoms with Crippen LogP contribution in [0.15, 0.2) is 24.3 Å². The Morgan fingerprint density at radius 2 is 1.92 bits per heavy atom. The lowest BCUT2D eigenvalue weighted by Gasteiger charge is -2.25. The number of aliphatic hydroxyl groups excluding tert-OH is 1. The van der Waals surface area contributed by atoms with Crippen molar-refractivity contribution < 1.29 is 14.6 Å². The van der Waals surface area contributed by atoms with E-state index in [0.29, 0.717) is 17.8 Å². The normalized spacial score (nSPS) is 20.0. The molecule has 0 saturated carbocycles. The van der Waals surface area contributed by atoms with Crippen LogP contribution in [-0.4, -0.2) is 45.6 Å². The van der Waals surface area contributed by atoms with Crippen molar-refractivity contribution in [3.8, 4) is 5.75 Å². The van der Waals surface area contributed by atoms with Gasteiger partial charge in [-0.25, -0.2) is 4.98 Å². The molecule has 6 nitrogen and oxygen atoms in total. The maximum atomic E-state index is 13.1. The second-order valence-corrected chi connectivity index (χ2v) is 6.47. The third kappa shape index (κ3) is 3.35. The molecule has 25 heavy (non-hydrogen) atoms. The molecule has 0 bridgehead atoms. The number of ether oxygens (including phenoxy) is 1. The van der Waals surface area contributed by atoms with Gasteiger partial charge in [-0.3, -0.25) is 9.78 Å². The molecule has 1 saturated heterocycles. The first-order valence-corrected chi connectivity index (χ1v) is 8.35. The van der Waals surface area contributed by atoms with E-state index in [0.717, 1.165) is 22.7 Å². The molecule has 0 aliphatic carbocycles. The van der Waals surface area contributed by atoms with Gasteiger partial charge in [-0.2, -0.15) is 0 Å². The summed E-state index contributed by atoms with van der Waals surface area (Å²) in [6.07, 6.45) is -0.0593. The molecule has 0 unspecified atom stereocenters. The average Bonchev–Trinajstić information content (AvgIpc) is 2.99. The fraction of sp³-hybridized carbons (Fsp3) is 0.421. The maximum Gasteiger partial charge on any atom is 0.274 e. The van der Waals surface area contributed by atoms with Crippen molar-refractivity contribution in [2.45, 2.75) is 39.3 Å². The topological polar surface area (TPSA) is 75.6 Å². The van der Waals surface area contributed by atoms with Crippen molar-refractivity contribution in [3.63, 3.8) is 0 Å². The summed E-state index contributed by atoms with van der Waals surface area (Å²) in [4.78, 5) is 23.6. The molecule has 0 radical (unpaired) electrons. The van der Waals surface area contributed by atoms with Crippen LogP contribution >= 0.6 is 0 Å². The molecule has 1 fully saturated rings. The number of benzene rings is 1. The number of methoxy groups -OCH3 is 1. The summed E-state index contributed by atoms with van der Waals surface area (Å²) in [5.41, 5.74) is 3.47. The van der Waals surface area contributed by atoms with Crippen LogP contribution in [0, 0.1) is 20.8 Å². The molecule has 2 heterocycles. The van der Waals surface area contributed by atoms with Crippen molar-refractivity contribution >= 4 is 5.91 Å². The maximum absolute atomic E-state index is 13.1. The number of amides is 1. The van der Waals surface area contributed by atoms with Crippen LogP contribution in [0.1, 0.15) is 45.6 Å². The Morgan fingerprint density at radius 1 is 1.20 bits per heavy atom. The Labute approximate surface area is 147 Å². The van der Waals surface area contributed by atoms with E-state index < -0.39 is 6.10 Å². The Bertz CT molecular complexity index is 806. The number of carbonyl (C=O) groups is 1. The minimum Gasteiger partial charge on any atom is -0.497 e. The van der Waals surface area contributed by atoms with Gasteiger partial charge in [0.05, 0.1) is 36.3 Å². The first kappa shape index (κ1) is 17.4. The standard InChI is InChI=1S/C19H23N3O3/c1-11-12(2)21-18(13(3)20-11)19(24)22-10-15(23)9-17(22)14-6-5-7-16(8-14)25-4/h5-8,15,17,23H,9-10H2,1-4H3/t15-,17-/m1/s1. The number of hydrogen-bond acceptors (Lipinski definition) is 5. The summed E-state index contributed by atoms with van der Waals surface area (Å²) in [6.45, 7) is 5.80. The van der Waals surface area contributed by atoms with E-state index in [4.69, 9.17) is 4.74 Å². The largest absolute Gasteiger partial charge is 0.497 e. The molecule has 1 aromatic carbocycles. The highest BCUT2D eigenvalue weighted by atomic mass is 16.5. The molecule has 1 amide bonds. The molecule has 132 valence electrons. The Balaban J connectivity index is 1.96. The van der Waals surface area contributed by atoms with Crippen molar-refractivity contribution in [1.29, 1.82) is 0 Å². The fourth-order valence-electron chi connectivity index (χ4n) is 3.26. The van der Waals surface area contributed by atoms with Crippen LogP contribution in [0.5, 0.6) is 5.75 Å². The van der Waals surface area contributed by atoms with Gasteiger partial charge in [0.1, 0.15) is 11.4 Å². The Morgan fingerprint density at radius 3 is 2.64 bits per heavy atom. The molecule has 0 spiro atoms. The predicted molar refractivity (Wildman–Crippen MR) is 93.6 cm³/mol. The number of hydrogen-bond donors (Lipinski definition) is 1. The number of aryl methyl sites for hydroxylation is 3. The molecule has 1 N–H and O–H groups in total. The van der Waals surface area contributed by atoms with Crippen LogP contribution in [0.4, 0.5) is 0 Å². The molecule has 3 rings (SSSR count). The number of β-amino-alcohol motifs (C(OH)–C–C–N with tert-alkyl or cyclic N) is 1. The minimum atomic E-state index is -0.556. The number of aromatic nitrogens is 2. The third-order valence-electron chi connectivity index (χ3n) is 4.70. The van der Waals surface area contributed by atoms with Gasteiger partial charge >= 0.3 is 0 Å². The lowest BCUT2D eigenvalue weighted by molar-refractivity contribution is 0.0708.